The summed E-state index contributed by atoms with van der Waals surface area (Å²) in [5.41, 5.74) is 3.96. The maximum absolute atomic E-state index is 11.9. The van der Waals surface area contributed by atoms with E-state index in [1.807, 2.05) is 39.0 Å². The molecule has 0 radical (unpaired) electrons. The maximum Gasteiger partial charge on any atom is 0.278 e. The highest BCUT2D eigenvalue weighted by atomic mass is 16.6. The third kappa shape index (κ3) is 5.53. The third-order valence-electron chi connectivity index (χ3n) is 3.74. The van der Waals surface area contributed by atoms with E-state index in [1.54, 1.807) is 0 Å². The van der Waals surface area contributed by atoms with E-state index in [-0.39, 0.29) is 23.8 Å². The number of aryl methyl sites for hydroxylation is 1. The van der Waals surface area contributed by atoms with E-state index in [0.29, 0.717) is 5.75 Å². The lowest BCUT2D eigenvalue weighted by atomic mass is 10.0. The van der Waals surface area contributed by atoms with Gasteiger partial charge in [0.15, 0.2) is 6.61 Å². The summed E-state index contributed by atoms with van der Waals surface area (Å²) in [6.45, 7) is 5.72. The summed E-state index contributed by atoms with van der Waals surface area (Å²) in [7, 11) is 0. The molecule has 1 amide bonds. The molecule has 0 spiro atoms. The molecule has 2 aromatic rings. The van der Waals surface area contributed by atoms with E-state index >= 15 is 0 Å². The number of carbonyl (C=O) groups excluding carboxylic acids is 1. The molecule has 0 aromatic heterocycles. The molecule has 0 unspecified atom stereocenters. The molecule has 27 heavy (non-hydrogen) atoms. The Labute approximate surface area is 156 Å². The van der Waals surface area contributed by atoms with Gasteiger partial charge in [-0.1, -0.05) is 38.1 Å². The fraction of sp³-hybridized carbons (Fsp3) is 0.263. The van der Waals surface area contributed by atoms with Crippen molar-refractivity contribution in [1.82, 2.24) is 5.43 Å². The van der Waals surface area contributed by atoms with Crippen LogP contribution in [0.5, 0.6) is 11.5 Å². The standard InChI is InChI=1S/C19H21N3O5/c1-12(2)16-6-4-13(3)8-18(16)27-11-19(24)21-20-10-14-9-15(23)5-7-17(14)22(25)26/h4-10,12,23H,11H2,1-3H3,(H,21,24)/p-1. The largest absolute Gasteiger partial charge is 0.872 e. The van der Waals surface area contributed by atoms with Crippen molar-refractivity contribution in [2.24, 2.45) is 5.10 Å². The summed E-state index contributed by atoms with van der Waals surface area (Å²) in [6, 6.07) is 9.06. The number of nitro benzene ring substituents is 1. The van der Waals surface area contributed by atoms with Gasteiger partial charge in [0.25, 0.3) is 11.6 Å². The van der Waals surface area contributed by atoms with E-state index < -0.39 is 16.6 Å². The van der Waals surface area contributed by atoms with Crippen LogP contribution in [0.2, 0.25) is 0 Å². The van der Waals surface area contributed by atoms with Crippen molar-refractivity contribution in [3.05, 3.63) is 63.2 Å². The number of nitro groups is 1. The van der Waals surface area contributed by atoms with Gasteiger partial charge < -0.3 is 9.84 Å². The van der Waals surface area contributed by atoms with Crippen molar-refractivity contribution in [3.63, 3.8) is 0 Å². The highest BCUT2D eigenvalue weighted by molar-refractivity contribution is 5.87. The van der Waals surface area contributed by atoms with Gasteiger partial charge in [0.2, 0.25) is 0 Å². The maximum atomic E-state index is 11.9. The van der Waals surface area contributed by atoms with E-state index in [1.165, 1.54) is 0 Å². The number of amides is 1. The number of ether oxygens (including phenoxy) is 1. The molecule has 0 aliphatic rings. The van der Waals surface area contributed by atoms with Crippen LogP contribution in [0.1, 0.15) is 36.5 Å². The lowest BCUT2D eigenvalue weighted by Crippen LogP contribution is -2.25. The SMILES string of the molecule is Cc1ccc(C(C)C)c(OCC(=O)NN=Cc2cc([O-])ccc2[N+](=O)[O-])c1. The van der Waals surface area contributed by atoms with Crippen molar-refractivity contribution in [2.75, 3.05) is 6.61 Å². The Bertz CT molecular complexity index is 878. The van der Waals surface area contributed by atoms with Crippen LogP contribution < -0.4 is 15.3 Å². The molecule has 0 saturated heterocycles. The fourth-order valence-corrected chi connectivity index (χ4v) is 2.40. The van der Waals surface area contributed by atoms with Crippen LogP contribution in [-0.2, 0) is 4.79 Å². The minimum atomic E-state index is -0.628. The zero-order valence-corrected chi connectivity index (χ0v) is 15.3. The summed E-state index contributed by atoms with van der Waals surface area (Å²) < 4.78 is 5.58. The van der Waals surface area contributed by atoms with Gasteiger partial charge in [-0.2, -0.15) is 5.10 Å². The molecule has 0 aliphatic heterocycles. The van der Waals surface area contributed by atoms with Gasteiger partial charge in [0, 0.05) is 6.07 Å². The van der Waals surface area contributed by atoms with E-state index in [2.05, 4.69) is 10.5 Å². The fourth-order valence-electron chi connectivity index (χ4n) is 2.40. The van der Waals surface area contributed by atoms with Crippen LogP contribution in [-0.4, -0.2) is 23.7 Å². The summed E-state index contributed by atoms with van der Waals surface area (Å²) >= 11 is 0. The van der Waals surface area contributed by atoms with Crippen LogP contribution in [0, 0.1) is 17.0 Å². The number of nitrogens with one attached hydrogen (secondary N) is 1. The average molecular weight is 370 g/mol. The van der Waals surface area contributed by atoms with Crippen molar-refractivity contribution in [1.29, 1.82) is 0 Å². The zero-order chi connectivity index (χ0) is 20.0. The smallest absolute Gasteiger partial charge is 0.278 e. The predicted octanol–water partition coefficient (Wildman–Crippen LogP) is 2.63. The number of hydrazone groups is 1. The van der Waals surface area contributed by atoms with Crippen molar-refractivity contribution >= 4 is 17.8 Å². The van der Waals surface area contributed by atoms with Crippen LogP contribution in [0.25, 0.3) is 0 Å². The molecule has 2 rings (SSSR count). The van der Waals surface area contributed by atoms with E-state index in [9.17, 15) is 20.0 Å². The number of carbonyl (C=O) groups is 1. The highest BCUT2D eigenvalue weighted by Gasteiger charge is 2.12. The van der Waals surface area contributed by atoms with E-state index in [4.69, 9.17) is 4.74 Å². The summed E-state index contributed by atoms with van der Waals surface area (Å²) in [5.74, 6) is -0.0545. The monoisotopic (exact) mass is 370 g/mol. The van der Waals surface area contributed by atoms with Crippen LogP contribution >= 0.6 is 0 Å². The highest BCUT2D eigenvalue weighted by Crippen LogP contribution is 2.27. The molecule has 142 valence electrons. The molecule has 0 atom stereocenters. The summed E-state index contributed by atoms with van der Waals surface area (Å²) in [4.78, 5) is 22.2. The first-order valence-electron chi connectivity index (χ1n) is 8.28. The number of benzene rings is 2. The second kappa shape index (κ2) is 8.79. The summed E-state index contributed by atoms with van der Waals surface area (Å²) in [5, 5.41) is 25.9. The van der Waals surface area contributed by atoms with Gasteiger partial charge >= 0.3 is 0 Å². The zero-order valence-electron chi connectivity index (χ0n) is 15.3. The molecular weight excluding hydrogens is 350 g/mol. The Morgan fingerprint density at radius 2 is 2.04 bits per heavy atom. The Hall–Kier alpha value is -3.42. The Morgan fingerprint density at radius 3 is 2.70 bits per heavy atom. The molecule has 8 nitrogen and oxygen atoms in total. The quantitative estimate of drug-likeness (QED) is 0.457. The first-order valence-corrected chi connectivity index (χ1v) is 8.28. The first-order chi connectivity index (χ1) is 12.8. The lowest BCUT2D eigenvalue weighted by molar-refractivity contribution is -0.385. The molecule has 2 aromatic carbocycles. The van der Waals surface area contributed by atoms with Gasteiger partial charge in [-0.25, -0.2) is 5.43 Å². The third-order valence-corrected chi connectivity index (χ3v) is 3.74. The Kier molecular flexibility index (Phi) is 6.48. The Balaban J connectivity index is 2.00. The second-order valence-corrected chi connectivity index (χ2v) is 6.26. The van der Waals surface area contributed by atoms with Gasteiger partial charge in [0.05, 0.1) is 16.7 Å². The minimum Gasteiger partial charge on any atom is -0.872 e. The van der Waals surface area contributed by atoms with Gasteiger partial charge in [-0.15, -0.1) is 5.75 Å². The Morgan fingerprint density at radius 1 is 1.30 bits per heavy atom. The molecule has 0 bridgehead atoms. The molecule has 0 saturated carbocycles. The molecule has 0 fully saturated rings. The predicted molar refractivity (Wildman–Crippen MR) is 99.0 cm³/mol. The number of rotatable bonds is 7. The molecule has 1 N–H and O–H groups in total. The number of nitrogens with zero attached hydrogens (tertiary/aromatic N) is 2. The first kappa shape index (κ1) is 19.9. The van der Waals surface area contributed by atoms with Crippen LogP contribution in [0.15, 0.2) is 41.5 Å². The van der Waals surface area contributed by atoms with Gasteiger partial charge in [0.1, 0.15) is 5.75 Å². The molecular formula is C19H20N3O5-. The minimum absolute atomic E-state index is 0.00879. The normalized spacial score (nSPS) is 11.0. The molecule has 0 heterocycles. The van der Waals surface area contributed by atoms with Gasteiger partial charge in [-0.05, 0) is 30.0 Å². The van der Waals surface area contributed by atoms with Crippen LogP contribution in [0.3, 0.4) is 0 Å². The lowest BCUT2D eigenvalue weighted by Gasteiger charge is -2.14. The van der Waals surface area contributed by atoms with Crippen molar-refractivity contribution < 1.29 is 19.6 Å². The second-order valence-electron chi connectivity index (χ2n) is 6.26. The number of hydrogen-bond acceptors (Lipinski definition) is 6. The molecule has 8 heteroatoms. The number of hydrogen-bond donors (Lipinski definition) is 1. The topological polar surface area (TPSA) is 117 Å². The van der Waals surface area contributed by atoms with Crippen molar-refractivity contribution in [3.8, 4) is 11.5 Å². The molecule has 0 aliphatic carbocycles. The summed E-state index contributed by atoms with van der Waals surface area (Å²) in [6.07, 6.45) is 1.06. The average Bonchev–Trinajstić information content (AvgIpc) is 2.59. The van der Waals surface area contributed by atoms with Crippen LogP contribution in [0.4, 0.5) is 5.69 Å². The van der Waals surface area contributed by atoms with Gasteiger partial charge in [-0.3, -0.25) is 14.9 Å². The van der Waals surface area contributed by atoms with Crippen molar-refractivity contribution in [2.45, 2.75) is 26.7 Å². The van der Waals surface area contributed by atoms with E-state index in [0.717, 1.165) is 35.5 Å².